The molecule has 0 bridgehead atoms. The Morgan fingerprint density at radius 3 is 2.43 bits per heavy atom. The van der Waals surface area contributed by atoms with E-state index in [1.807, 2.05) is 24.3 Å². The molecule has 2 amide bonds. The predicted molar refractivity (Wildman–Crippen MR) is 109 cm³/mol. The molecule has 0 radical (unpaired) electrons. The van der Waals surface area contributed by atoms with Crippen LogP contribution >= 0.6 is 0 Å². The van der Waals surface area contributed by atoms with Crippen molar-refractivity contribution in [1.82, 2.24) is 9.80 Å². The fourth-order valence-corrected chi connectivity index (χ4v) is 4.99. The monoisotopic (exact) mass is 382 g/mol. The van der Waals surface area contributed by atoms with Crippen LogP contribution in [0.25, 0.3) is 5.57 Å². The molecule has 2 aliphatic heterocycles. The largest absolute Gasteiger partial charge is 0.496 e. The van der Waals surface area contributed by atoms with Gasteiger partial charge in [0.05, 0.1) is 12.7 Å². The van der Waals surface area contributed by atoms with Crippen molar-refractivity contribution in [3.05, 3.63) is 35.5 Å². The van der Waals surface area contributed by atoms with Gasteiger partial charge in [0.25, 0.3) is 11.8 Å². The number of carbonyl (C=O) groups is 2. The highest BCUT2D eigenvalue weighted by molar-refractivity contribution is 6.36. The van der Waals surface area contributed by atoms with Crippen molar-refractivity contribution in [2.24, 2.45) is 5.92 Å². The lowest BCUT2D eigenvalue weighted by Crippen LogP contribution is -2.44. The molecule has 0 spiro atoms. The van der Waals surface area contributed by atoms with Crippen molar-refractivity contribution in [1.29, 1.82) is 0 Å². The van der Waals surface area contributed by atoms with Crippen molar-refractivity contribution in [3.63, 3.8) is 0 Å². The maximum absolute atomic E-state index is 13.6. The molecule has 3 aliphatic rings. The van der Waals surface area contributed by atoms with E-state index in [1.165, 1.54) is 12.8 Å². The molecular formula is C23H30N2O3. The fraction of sp³-hybridized carbons (Fsp3) is 0.565. The first kappa shape index (κ1) is 19.0. The SMILES string of the molecule is COc1ccccc1C1=C(N2CCCC(C)C2)C(=O)N(C2CCCCC2)C1=O. The average molecular weight is 383 g/mol. The highest BCUT2D eigenvalue weighted by Gasteiger charge is 2.46. The van der Waals surface area contributed by atoms with E-state index in [1.54, 1.807) is 12.0 Å². The summed E-state index contributed by atoms with van der Waals surface area (Å²) < 4.78 is 5.54. The first-order valence-electron chi connectivity index (χ1n) is 10.6. The van der Waals surface area contributed by atoms with Crippen LogP contribution in [0.4, 0.5) is 0 Å². The standard InChI is InChI=1S/C23H30N2O3/c1-16-9-8-14-24(15-16)21-20(18-12-6-7-13-19(18)28-2)22(26)25(23(21)27)17-10-4-3-5-11-17/h6-7,12-13,16-17H,3-5,8-11,14-15H2,1-2H3. The Labute approximate surface area is 167 Å². The molecule has 28 heavy (non-hydrogen) atoms. The zero-order chi connectivity index (χ0) is 19.7. The minimum Gasteiger partial charge on any atom is -0.496 e. The second-order valence-corrected chi connectivity index (χ2v) is 8.39. The number of benzene rings is 1. The van der Waals surface area contributed by atoms with Gasteiger partial charge in [0.1, 0.15) is 11.4 Å². The molecular weight excluding hydrogens is 352 g/mol. The van der Waals surface area contributed by atoms with Crippen LogP contribution in [-0.2, 0) is 9.59 Å². The molecule has 1 saturated carbocycles. The van der Waals surface area contributed by atoms with Gasteiger partial charge >= 0.3 is 0 Å². The molecule has 150 valence electrons. The smallest absolute Gasteiger partial charge is 0.278 e. The van der Waals surface area contributed by atoms with E-state index in [4.69, 9.17) is 4.74 Å². The third-order valence-corrected chi connectivity index (χ3v) is 6.38. The van der Waals surface area contributed by atoms with Crippen LogP contribution in [0.1, 0.15) is 57.4 Å². The van der Waals surface area contributed by atoms with E-state index < -0.39 is 0 Å². The van der Waals surface area contributed by atoms with Gasteiger partial charge in [-0.3, -0.25) is 14.5 Å². The summed E-state index contributed by atoms with van der Waals surface area (Å²) in [6.07, 6.45) is 7.41. The third kappa shape index (κ3) is 3.31. The zero-order valence-corrected chi connectivity index (χ0v) is 16.9. The van der Waals surface area contributed by atoms with Gasteiger partial charge in [0.2, 0.25) is 0 Å². The number of piperidine rings is 1. The Kier molecular flexibility index (Phi) is 5.42. The van der Waals surface area contributed by atoms with Gasteiger partial charge in [-0.1, -0.05) is 44.4 Å². The van der Waals surface area contributed by atoms with Gasteiger partial charge in [-0.05, 0) is 37.7 Å². The molecule has 1 aromatic carbocycles. The number of rotatable bonds is 4. The van der Waals surface area contributed by atoms with Crippen molar-refractivity contribution in [3.8, 4) is 5.75 Å². The minimum absolute atomic E-state index is 0.0261. The molecule has 4 rings (SSSR count). The summed E-state index contributed by atoms with van der Waals surface area (Å²) in [5.74, 6) is 0.917. The first-order chi connectivity index (χ1) is 13.6. The van der Waals surface area contributed by atoms with Gasteiger partial charge in [-0.15, -0.1) is 0 Å². The lowest BCUT2D eigenvalue weighted by molar-refractivity contribution is -0.141. The summed E-state index contributed by atoms with van der Waals surface area (Å²) in [5.41, 5.74) is 1.85. The average Bonchev–Trinajstić information content (AvgIpc) is 2.98. The lowest BCUT2D eigenvalue weighted by Gasteiger charge is -2.34. The second-order valence-electron chi connectivity index (χ2n) is 8.39. The predicted octanol–water partition coefficient (Wildman–Crippen LogP) is 3.84. The number of nitrogens with zero attached hydrogens (tertiary/aromatic N) is 2. The minimum atomic E-state index is -0.144. The van der Waals surface area contributed by atoms with Gasteiger partial charge in [-0.25, -0.2) is 0 Å². The first-order valence-corrected chi connectivity index (χ1v) is 10.6. The summed E-state index contributed by atoms with van der Waals surface area (Å²) in [6, 6.07) is 7.59. The summed E-state index contributed by atoms with van der Waals surface area (Å²) in [6.45, 7) is 3.87. The Bertz CT molecular complexity index is 795. The highest BCUT2D eigenvalue weighted by Crippen LogP contribution is 2.40. The van der Waals surface area contributed by atoms with E-state index in [-0.39, 0.29) is 17.9 Å². The van der Waals surface area contributed by atoms with Crippen molar-refractivity contribution in [2.45, 2.75) is 57.9 Å². The molecule has 1 aliphatic carbocycles. The Balaban J connectivity index is 1.79. The number of hydrogen-bond donors (Lipinski definition) is 0. The molecule has 1 saturated heterocycles. The molecule has 2 fully saturated rings. The van der Waals surface area contributed by atoms with Crippen LogP contribution in [0.5, 0.6) is 5.75 Å². The molecule has 1 unspecified atom stereocenters. The van der Waals surface area contributed by atoms with E-state index in [0.717, 1.165) is 50.8 Å². The van der Waals surface area contributed by atoms with Crippen molar-refractivity contribution in [2.75, 3.05) is 20.2 Å². The Morgan fingerprint density at radius 2 is 1.71 bits per heavy atom. The van der Waals surface area contributed by atoms with Crippen LogP contribution in [0, 0.1) is 5.92 Å². The molecule has 0 N–H and O–H groups in total. The molecule has 5 nitrogen and oxygen atoms in total. The normalized spacial score (nSPS) is 24.3. The van der Waals surface area contributed by atoms with Crippen LogP contribution < -0.4 is 4.74 Å². The number of methoxy groups -OCH3 is 1. The van der Waals surface area contributed by atoms with E-state index >= 15 is 0 Å². The fourth-order valence-electron chi connectivity index (χ4n) is 4.99. The quantitative estimate of drug-likeness (QED) is 0.743. The molecule has 1 aromatic rings. The van der Waals surface area contributed by atoms with Crippen LogP contribution in [0.2, 0.25) is 0 Å². The number of imide groups is 1. The Hall–Kier alpha value is -2.30. The molecule has 1 atom stereocenters. The lowest BCUT2D eigenvalue weighted by atomic mass is 9.94. The highest BCUT2D eigenvalue weighted by atomic mass is 16.5. The topological polar surface area (TPSA) is 49.9 Å². The number of amides is 2. The summed E-state index contributed by atoms with van der Waals surface area (Å²) in [7, 11) is 1.61. The summed E-state index contributed by atoms with van der Waals surface area (Å²) in [5, 5.41) is 0. The van der Waals surface area contributed by atoms with E-state index in [2.05, 4.69) is 11.8 Å². The van der Waals surface area contributed by atoms with Gasteiger partial charge in [-0.2, -0.15) is 0 Å². The van der Waals surface area contributed by atoms with Crippen molar-refractivity contribution >= 4 is 17.4 Å². The summed E-state index contributed by atoms with van der Waals surface area (Å²) >= 11 is 0. The van der Waals surface area contributed by atoms with Crippen molar-refractivity contribution < 1.29 is 14.3 Å². The summed E-state index contributed by atoms with van der Waals surface area (Å²) in [4.78, 5) is 30.9. The van der Waals surface area contributed by atoms with E-state index in [9.17, 15) is 9.59 Å². The van der Waals surface area contributed by atoms with Crippen LogP contribution in [0.15, 0.2) is 30.0 Å². The number of hydrogen-bond acceptors (Lipinski definition) is 4. The second kappa shape index (κ2) is 7.98. The van der Waals surface area contributed by atoms with Crippen LogP contribution in [0.3, 0.4) is 0 Å². The van der Waals surface area contributed by atoms with Gasteiger partial charge in [0.15, 0.2) is 0 Å². The van der Waals surface area contributed by atoms with Gasteiger partial charge < -0.3 is 9.64 Å². The number of para-hydroxylation sites is 1. The van der Waals surface area contributed by atoms with Gasteiger partial charge in [0, 0.05) is 24.7 Å². The molecule has 0 aromatic heterocycles. The maximum atomic E-state index is 13.6. The zero-order valence-electron chi connectivity index (χ0n) is 16.9. The maximum Gasteiger partial charge on any atom is 0.278 e. The number of carbonyl (C=O) groups excluding carboxylic acids is 2. The van der Waals surface area contributed by atoms with E-state index in [0.29, 0.717) is 22.9 Å². The third-order valence-electron chi connectivity index (χ3n) is 6.38. The van der Waals surface area contributed by atoms with Crippen LogP contribution in [-0.4, -0.2) is 47.9 Å². The number of likely N-dealkylation sites (tertiary alicyclic amines) is 1. The number of ether oxygens (including phenoxy) is 1. The molecule has 2 heterocycles. The Morgan fingerprint density at radius 1 is 0.964 bits per heavy atom. The molecule has 5 heteroatoms.